The van der Waals surface area contributed by atoms with Gasteiger partial charge in [-0.25, -0.2) is 9.78 Å². The average Bonchev–Trinajstić information content (AvgIpc) is 3.02. The first-order valence-electron chi connectivity index (χ1n) is 6.20. The number of carboxylic acid groups (broad SMARTS) is 1. The van der Waals surface area contributed by atoms with E-state index in [1.165, 1.54) is 0 Å². The molecule has 1 aliphatic carbocycles. The third-order valence-electron chi connectivity index (χ3n) is 3.12. The van der Waals surface area contributed by atoms with Crippen LogP contribution in [0.5, 0.6) is 0 Å². The van der Waals surface area contributed by atoms with Crippen LogP contribution < -0.4 is 5.32 Å². The highest BCUT2D eigenvalue weighted by atomic mass is 32.1. The molecule has 0 spiro atoms. The van der Waals surface area contributed by atoms with Gasteiger partial charge in [0.2, 0.25) is 0 Å². The molecule has 0 aromatic carbocycles. The summed E-state index contributed by atoms with van der Waals surface area (Å²) in [5.74, 6) is -0.444. The predicted molar refractivity (Wildman–Crippen MR) is 75.9 cm³/mol. The van der Waals surface area contributed by atoms with Crippen LogP contribution in [0.15, 0.2) is 23.6 Å². The van der Waals surface area contributed by atoms with Crippen molar-refractivity contribution in [3.63, 3.8) is 0 Å². The summed E-state index contributed by atoms with van der Waals surface area (Å²) < 4.78 is 0. The van der Waals surface area contributed by atoms with Crippen molar-refractivity contribution in [1.82, 2.24) is 4.98 Å². The van der Waals surface area contributed by atoms with Gasteiger partial charge in [-0.3, -0.25) is 0 Å². The standard InChI is InChI=1S/C14H14N2O2S/c1-8-7-10(14(17)18)13(15-9-4-5-9)16-12(8)11-3-2-6-19-11/h2-3,6-7,9H,4-5H2,1H3,(H,15,16)(H,17,18). The molecule has 2 N–H and O–H groups in total. The predicted octanol–water partition coefficient (Wildman–Crippen LogP) is 3.39. The van der Waals surface area contributed by atoms with Crippen LogP contribution in [-0.4, -0.2) is 22.1 Å². The molecule has 5 heteroatoms. The SMILES string of the molecule is Cc1cc(C(=O)O)c(NC2CC2)nc1-c1cccs1. The quantitative estimate of drug-likeness (QED) is 0.897. The molecule has 0 saturated heterocycles. The van der Waals surface area contributed by atoms with E-state index in [0.29, 0.717) is 11.9 Å². The van der Waals surface area contributed by atoms with Crippen LogP contribution in [-0.2, 0) is 0 Å². The van der Waals surface area contributed by atoms with Crippen molar-refractivity contribution in [3.8, 4) is 10.6 Å². The molecule has 1 aliphatic rings. The van der Waals surface area contributed by atoms with Gasteiger partial charge in [-0.1, -0.05) is 6.07 Å². The number of rotatable bonds is 4. The van der Waals surface area contributed by atoms with Gasteiger partial charge in [0.05, 0.1) is 10.6 Å². The van der Waals surface area contributed by atoms with Gasteiger partial charge in [0.25, 0.3) is 0 Å². The highest BCUT2D eigenvalue weighted by Crippen LogP contribution is 2.31. The number of hydrogen-bond acceptors (Lipinski definition) is 4. The van der Waals surface area contributed by atoms with E-state index in [2.05, 4.69) is 10.3 Å². The van der Waals surface area contributed by atoms with Crippen LogP contribution in [0.4, 0.5) is 5.82 Å². The molecule has 19 heavy (non-hydrogen) atoms. The average molecular weight is 274 g/mol. The van der Waals surface area contributed by atoms with Gasteiger partial charge in [0, 0.05) is 6.04 Å². The number of nitrogens with one attached hydrogen (secondary N) is 1. The zero-order valence-corrected chi connectivity index (χ0v) is 11.3. The first kappa shape index (κ1) is 12.2. The van der Waals surface area contributed by atoms with Gasteiger partial charge < -0.3 is 10.4 Å². The van der Waals surface area contributed by atoms with Crippen molar-refractivity contribution in [2.45, 2.75) is 25.8 Å². The highest BCUT2D eigenvalue weighted by Gasteiger charge is 2.25. The van der Waals surface area contributed by atoms with Gasteiger partial charge in [0.1, 0.15) is 11.4 Å². The lowest BCUT2D eigenvalue weighted by Gasteiger charge is -2.11. The van der Waals surface area contributed by atoms with Crippen LogP contribution in [0.3, 0.4) is 0 Å². The summed E-state index contributed by atoms with van der Waals surface area (Å²) in [6.07, 6.45) is 2.17. The molecule has 0 unspecified atom stereocenters. The van der Waals surface area contributed by atoms with Crippen molar-refractivity contribution in [3.05, 3.63) is 34.7 Å². The maximum atomic E-state index is 11.3. The Balaban J connectivity index is 2.08. The van der Waals surface area contributed by atoms with Crippen LogP contribution in [0.25, 0.3) is 10.6 Å². The van der Waals surface area contributed by atoms with E-state index in [9.17, 15) is 9.90 Å². The minimum absolute atomic E-state index is 0.254. The Labute approximate surface area is 115 Å². The molecular formula is C14H14N2O2S. The van der Waals surface area contributed by atoms with E-state index in [4.69, 9.17) is 0 Å². The largest absolute Gasteiger partial charge is 0.478 e. The number of carboxylic acids is 1. The Bertz CT molecular complexity index is 619. The van der Waals surface area contributed by atoms with Gasteiger partial charge in [0.15, 0.2) is 0 Å². The molecule has 0 bridgehead atoms. The first-order chi connectivity index (χ1) is 9.15. The normalized spacial score (nSPS) is 14.4. The number of anilines is 1. The maximum absolute atomic E-state index is 11.3. The summed E-state index contributed by atoms with van der Waals surface area (Å²) in [5.41, 5.74) is 2.01. The van der Waals surface area contributed by atoms with Gasteiger partial charge >= 0.3 is 5.97 Å². The van der Waals surface area contributed by atoms with E-state index in [1.807, 2.05) is 24.4 Å². The number of carbonyl (C=O) groups is 1. The number of hydrogen-bond donors (Lipinski definition) is 2. The third-order valence-corrected chi connectivity index (χ3v) is 3.99. The summed E-state index contributed by atoms with van der Waals surface area (Å²) in [5, 5.41) is 14.5. The van der Waals surface area contributed by atoms with E-state index >= 15 is 0 Å². The molecule has 1 fully saturated rings. The summed E-state index contributed by atoms with van der Waals surface area (Å²) >= 11 is 1.61. The van der Waals surface area contributed by atoms with Gasteiger partial charge in [-0.05, 0) is 42.8 Å². The van der Waals surface area contributed by atoms with E-state index in [1.54, 1.807) is 17.4 Å². The maximum Gasteiger partial charge on any atom is 0.339 e. The Kier molecular flexibility index (Phi) is 2.98. The topological polar surface area (TPSA) is 62.2 Å². The second-order valence-electron chi connectivity index (χ2n) is 4.75. The fraction of sp³-hybridized carbons (Fsp3) is 0.286. The smallest absolute Gasteiger partial charge is 0.339 e. The molecule has 1 saturated carbocycles. The summed E-state index contributed by atoms with van der Waals surface area (Å²) in [7, 11) is 0. The van der Waals surface area contributed by atoms with Crippen LogP contribution in [0, 0.1) is 6.92 Å². The molecule has 0 amide bonds. The van der Waals surface area contributed by atoms with Crippen molar-refractivity contribution >= 4 is 23.1 Å². The van der Waals surface area contributed by atoms with Crippen molar-refractivity contribution in [2.24, 2.45) is 0 Å². The number of aromatic carboxylic acids is 1. The molecule has 3 rings (SSSR count). The molecule has 0 aliphatic heterocycles. The van der Waals surface area contributed by atoms with Gasteiger partial charge in [-0.15, -0.1) is 11.3 Å². The van der Waals surface area contributed by atoms with Crippen LogP contribution in [0.2, 0.25) is 0 Å². The monoisotopic (exact) mass is 274 g/mol. The molecule has 4 nitrogen and oxygen atoms in total. The van der Waals surface area contributed by atoms with Crippen LogP contribution in [0.1, 0.15) is 28.8 Å². The minimum atomic E-state index is -0.934. The highest BCUT2D eigenvalue weighted by molar-refractivity contribution is 7.13. The fourth-order valence-electron chi connectivity index (χ4n) is 1.97. The lowest BCUT2D eigenvalue weighted by atomic mass is 10.1. The number of aromatic nitrogens is 1. The van der Waals surface area contributed by atoms with E-state index in [0.717, 1.165) is 29.0 Å². The van der Waals surface area contributed by atoms with Gasteiger partial charge in [-0.2, -0.15) is 0 Å². The summed E-state index contributed by atoms with van der Waals surface area (Å²) in [6.45, 7) is 1.90. The number of pyridine rings is 1. The molecular weight excluding hydrogens is 260 g/mol. The van der Waals surface area contributed by atoms with Crippen molar-refractivity contribution in [2.75, 3.05) is 5.32 Å². The van der Waals surface area contributed by atoms with Crippen LogP contribution >= 0.6 is 11.3 Å². The second-order valence-corrected chi connectivity index (χ2v) is 5.70. The molecule has 2 heterocycles. The Morgan fingerprint density at radius 1 is 1.53 bits per heavy atom. The Morgan fingerprint density at radius 2 is 2.32 bits per heavy atom. The summed E-state index contributed by atoms with van der Waals surface area (Å²) in [6, 6.07) is 6.06. The second kappa shape index (κ2) is 4.66. The minimum Gasteiger partial charge on any atom is -0.478 e. The molecule has 2 aromatic rings. The number of aryl methyl sites for hydroxylation is 1. The molecule has 0 atom stereocenters. The van der Waals surface area contributed by atoms with E-state index in [-0.39, 0.29) is 5.56 Å². The van der Waals surface area contributed by atoms with E-state index < -0.39 is 5.97 Å². The Hall–Kier alpha value is -1.88. The number of thiophene rings is 1. The molecule has 2 aromatic heterocycles. The molecule has 0 radical (unpaired) electrons. The fourth-order valence-corrected chi connectivity index (χ4v) is 2.75. The zero-order chi connectivity index (χ0) is 13.4. The Morgan fingerprint density at radius 3 is 2.89 bits per heavy atom. The number of nitrogens with zero attached hydrogens (tertiary/aromatic N) is 1. The lowest BCUT2D eigenvalue weighted by molar-refractivity contribution is 0.0697. The van der Waals surface area contributed by atoms with Crippen molar-refractivity contribution < 1.29 is 9.90 Å². The lowest BCUT2D eigenvalue weighted by Crippen LogP contribution is -2.11. The zero-order valence-electron chi connectivity index (χ0n) is 10.5. The molecule has 98 valence electrons. The first-order valence-corrected chi connectivity index (χ1v) is 7.08. The summed E-state index contributed by atoms with van der Waals surface area (Å²) in [4.78, 5) is 16.9. The third kappa shape index (κ3) is 2.46. The van der Waals surface area contributed by atoms with Crippen molar-refractivity contribution in [1.29, 1.82) is 0 Å².